The van der Waals surface area contributed by atoms with Crippen LogP contribution >= 0.6 is 0 Å². The van der Waals surface area contributed by atoms with E-state index >= 15 is 0 Å². The summed E-state index contributed by atoms with van der Waals surface area (Å²) in [4.78, 5) is 10.6. The minimum absolute atomic E-state index is 0.0156. The van der Waals surface area contributed by atoms with Crippen LogP contribution in [0.25, 0.3) is 0 Å². The Labute approximate surface area is 99.9 Å². The van der Waals surface area contributed by atoms with Crippen LogP contribution in [0.5, 0.6) is 0 Å². The predicted octanol–water partition coefficient (Wildman–Crippen LogP) is 4.46. The van der Waals surface area contributed by atoms with Crippen molar-refractivity contribution < 1.29 is 4.79 Å². The van der Waals surface area contributed by atoms with E-state index in [9.17, 15) is 4.79 Å². The first kappa shape index (κ1) is 14.9. The lowest BCUT2D eigenvalue weighted by atomic mass is 10.0. The van der Waals surface area contributed by atoms with Gasteiger partial charge in [0, 0.05) is 5.92 Å². The van der Waals surface area contributed by atoms with E-state index in [1.54, 1.807) is 6.08 Å². The second kappa shape index (κ2) is 9.14. The maximum absolute atomic E-state index is 10.6. The van der Waals surface area contributed by atoms with E-state index in [1.807, 2.05) is 0 Å². The van der Waals surface area contributed by atoms with Crippen molar-refractivity contribution in [3.8, 4) is 0 Å². The van der Waals surface area contributed by atoms with Crippen molar-refractivity contribution in [2.75, 3.05) is 0 Å². The monoisotopic (exact) mass is 220 g/mol. The molecular formula is C15H24O. The van der Waals surface area contributed by atoms with Gasteiger partial charge < -0.3 is 4.79 Å². The van der Waals surface area contributed by atoms with Crippen molar-refractivity contribution in [2.24, 2.45) is 5.92 Å². The first-order chi connectivity index (χ1) is 7.60. The first-order valence-corrected chi connectivity index (χ1v) is 5.97. The van der Waals surface area contributed by atoms with E-state index in [0.717, 1.165) is 32.0 Å². The zero-order valence-electron chi connectivity index (χ0n) is 10.8. The van der Waals surface area contributed by atoms with Gasteiger partial charge in [0.15, 0.2) is 0 Å². The van der Waals surface area contributed by atoms with E-state index in [2.05, 4.69) is 39.5 Å². The summed E-state index contributed by atoms with van der Waals surface area (Å²) in [6, 6.07) is 0. The van der Waals surface area contributed by atoms with Crippen LogP contribution in [-0.2, 0) is 4.79 Å². The van der Waals surface area contributed by atoms with Crippen molar-refractivity contribution >= 4 is 6.29 Å². The molecule has 1 nitrogen and oxygen atoms in total. The maximum atomic E-state index is 10.6. The molecule has 0 aromatic carbocycles. The highest BCUT2D eigenvalue weighted by Crippen LogP contribution is 2.11. The average Bonchev–Trinajstić information content (AvgIpc) is 2.24. The minimum atomic E-state index is 0.0156. The molecular weight excluding hydrogens is 196 g/mol. The SMILES string of the molecule is C=CC(C=O)CCC=C(C)CCC=C(C)C. The summed E-state index contributed by atoms with van der Waals surface area (Å²) in [5.41, 5.74) is 2.78. The van der Waals surface area contributed by atoms with Crippen LogP contribution in [0.4, 0.5) is 0 Å². The molecule has 0 amide bonds. The molecule has 0 N–H and O–H groups in total. The van der Waals surface area contributed by atoms with Gasteiger partial charge in [-0.25, -0.2) is 0 Å². The van der Waals surface area contributed by atoms with Crippen LogP contribution in [-0.4, -0.2) is 6.29 Å². The highest BCUT2D eigenvalue weighted by molar-refractivity contribution is 5.56. The second-order valence-corrected chi connectivity index (χ2v) is 4.48. The molecule has 0 rings (SSSR count). The Kier molecular flexibility index (Phi) is 8.51. The zero-order chi connectivity index (χ0) is 12.4. The molecule has 1 atom stereocenters. The van der Waals surface area contributed by atoms with Crippen LogP contribution in [0.15, 0.2) is 36.0 Å². The molecule has 0 saturated carbocycles. The molecule has 1 heteroatoms. The van der Waals surface area contributed by atoms with Gasteiger partial charge in [-0.3, -0.25) is 0 Å². The lowest BCUT2D eigenvalue weighted by Crippen LogP contribution is -1.95. The normalized spacial score (nSPS) is 13.1. The van der Waals surface area contributed by atoms with E-state index in [-0.39, 0.29) is 5.92 Å². The molecule has 0 aromatic heterocycles. The smallest absolute Gasteiger partial charge is 0.126 e. The topological polar surface area (TPSA) is 17.1 Å². The molecule has 0 fully saturated rings. The lowest BCUT2D eigenvalue weighted by Gasteiger charge is -2.02. The van der Waals surface area contributed by atoms with Crippen molar-refractivity contribution in [3.05, 3.63) is 36.0 Å². The molecule has 1 unspecified atom stereocenters. The number of allylic oxidation sites excluding steroid dienone is 5. The predicted molar refractivity (Wildman–Crippen MR) is 71.4 cm³/mol. The quantitative estimate of drug-likeness (QED) is 0.436. The molecule has 0 bridgehead atoms. The summed E-state index contributed by atoms with van der Waals surface area (Å²) in [5, 5.41) is 0. The Bertz CT molecular complexity index is 259. The van der Waals surface area contributed by atoms with E-state index in [4.69, 9.17) is 0 Å². The average molecular weight is 220 g/mol. The lowest BCUT2D eigenvalue weighted by molar-refractivity contribution is -0.110. The van der Waals surface area contributed by atoms with Crippen LogP contribution in [0.1, 0.15) is 46.5 Å². The van der Waals surface area contributed by atoms with E-state index in [0.29, 0.717) is 0 Å². The fraction of sp³-hybridized carbons (Fsp3) is 0.533. The van der Waals surface area contributed by atoms with Gasteiger partial charge in [0.05, 0.1) is 0 Å². The van der Waals surface area contributed by atoms with Crippen molar-refractivity contribution in [2.45, 2.75) is 46.5 Å². The summed E-state index contributed by atoms with van der Waals surface area (Å²) >= 11 is 0. The van der Waals surface area contributed by atoms with Crippen LogP contribution in [0.3, 0.4) is 0 Å². The third kappa shape index (κ3) is 8.22. The Morgan fingerprint density at radius 1 is 1.19 bits per heavy atom. The Morgan fingerprint density at radius 2 is 1.88 bits per heavy atom. The number of carbonyl (C=O) groups excluding carboxylic acids is 1. The molecule has 0 spiro atoms. The molecule has 0 aliphatic heterocycles. The number of rotatable bonds is 8. The zero-order valence-corrected chi connectivity index (χ0v) is 10.8. The van der Waals surface area contributed by atoms with Crippen molar-refractivity contribution in [3.63, 3.8) is 0 Å². The maximum Gasteiger partial charge on any atom is 0.126 e. The molecule has 90 valence electrons. The van der Waals surface area contributed by atoms with Crippen LogP contribution < -0.4 is 0 Å². The summed E-state index contributed by atoms with van der Waals surface area (Å²) in [7, 11) is 0. The first-order valence-electron chi connectivity index (χ1n) is 5.97. The molecule has 0 radical (unpaired) electrons. The van der Waals surface area contributed by atoms with Gasteiger partial charge in [-0.2, -0.15) is 0 Å². The molecule has 0 aliphatic carbocycles. The van der Waals surface area contributed by atoms with Gasteiger partial charge in [-0.1, -0.05) is 29.4 Å². The highest BCUT2D eigenvalue weighted by Gasteiger charge is 1.99. The molecule has 0 saturated heterocycles. The number of carbonyl (C=O) groups is 1. The van der Waals surface area contributed by atoms with Crippen LogP contribution in [0, 0.1) is 5.92 Å². The van der Waals surface area contributed by atoms with Crippen LogP contribution in [0.2, 0.25) is 0 Å². The number of hydrogen-bond donors (Lipinski definition) is 0. The fourth-order valence-electron chi connectivity index (χ4n) is 1.45. The van der Waals surface area contributed by atoms with Gasteiger partial charge in [0.1, 0.15) is 6.29 Å². The third-order valence-electron chi connectivity index (χ3n) is 2.56. The minimum Gasteiger partial charge on any atom is -0.303 e. The van der Waals surface area contributed by atoms with Crippen molar-refractivity contribution in [1.82, 2.24) is 0 Å². The van der Waals surface area contributed by atoms with Gasteiger partial charge >= 0.3 is 0 Å². The summed E-state index contributed by atoms with van der Waals surface area (Å²) in [5.74, 6) is 0.0156. The molecule has 16 heavy (non-hydrogen) atoms. The highest BCUT2D eigenvalue weighted by atomic mass is 16.1. The fourth-order valence-corrected chi connectivity index (χ4v) is 1.45. The van der Waals surface area contributed by atoms with E-state index < -0.39 is 0 Å². The Hall–Kier alpha value is -1.11. The Morgan fingerprint density at radius 3 is 2.38 bits per heavy atom. The van der Waals surface area contributed by atoms with Gasteiger partial charge in [0.2, 0.25) is 0 Å². The van der Waals surface area contributed by atoms with E-state index in [1.165, 1.54) is 11.1 Å². The number of aldehydes is 1. The second-order valence-electron chi connectivity index (χ2n) is 4.48. The summed E-state index contributed by atoms with van der Waals surface area (Å²) in [6.45, 7) is 10.0. The van der Waals surface area contributed by atoms with Gasteiger partial charge in [-0.15, -0.1) is 6.58 Å². The van der Waals surface area contributed by atoms with Crippen molar-refractivity contribution in [1.29, 1.82) is 0 Å². The molecule has 0 heterocycles. The largest absolute Gasteiger partial charge is 0.303 e. The summed E-state index contributed by atoms with van der Waals surface area (Å²) in [6.07, 6.45) is 11.3. The molecule has 0 aliphatic rings. The Balaban J connectivity index is 3.82. The molecule has 0 aromatic rings. The third-order valence-corrected chi connectivity index (χ3v) is 2.56. The number of hydrogen-bond acceptors (Lipinski definition) is 1. The van der Waals surface area contributed by atoms with Gasteiger partial charge in [-0.05, 0) is 46.5 Å². The standard InChI is InChI=1S/C15H24O/c1-5-15(12-16)11-7-10-14(4)9-6-8-13(2)3/h5,8,10,12,15H,1,6-7,9,11H2,2-4H3. The van der Waals surface area contributed by atoms with Gasteiger partial charge in [0.25, 0.3) is 0 Å². The summed E-state index contributed by atoms with van der Waals surface area (Å²) < 4.78 is 0.